The summed E-state index contributed by atoms with van der Waals surface area (Å²) in [5.41, 5.74) is 0. The molecule has 0 aromatic carbocycles. The average molecular weight is 254 g/mol. The number of carbonyl (C=O) groups is 1. The summed E-state index contributed by atoms with van der Waals surface area (Å²) in [6.07, 6.45) is 2.80. The van der Waals surface area contributed by atoms with Gasteiger partial charge in [0.2, 0.25) is 0 Å². The van der Waals surface area contributed by atoms with E-state index in [9.17, 15) is 0 Å². The fourth-order valence-corrected chi connectivity index (χ4v) is 1.19. The molecular formula is C5H11O2SSn. The number of carboxylic acid groups (broad SMARTS) is 1. The molecule has 4 heteroatoms. The summed E-state index contributed by atoms with van der Waals surface area (Å²) in [6.45, 7) is 2.23. The van der Waals surface area contributed by atoms with Gasteiger partial charge in [-0.3, -0.25) is 0 Å². The predicted octanol–water partition coefficient (Wildman–Crippen LogP) is 1.97. The van der Waals surface area contributed by atoms with Crippen LogP contribution in [0, 0.1) is 0 Å². The summed E-state index contributed by atoms with van der Waals surface area (Å²) < 4.78 is 1.43. The van der Waals surface area contributed by atoms with Crippen LogP contribution in [0.2, 0.25) is 4.44 Å². The smallest absolute Gasteiger partial charge is 0.361 e. The van der Waals surface area contributed by atoms with Crippen LogP contribution in [0.1, 0.15) is 19.8 Å². The second kappa shape index (κ2) is 11.4. The van der Waals surface area contributed by atoms with E-state index >= 15 is 0 Å². The van der Waals surface area contributed by atoms with Crippen LogP contribution < -0.4 is 0 Å². The van der Waals surface area contributed by atoms with Crippen LogP contribution in [-0.2, 0) is 0 Å². The van der Waals surface area contributed by atoms with Crippen LogP contribution in [0.25, 0.3) is 0 Å². The van der Waals surface area contributed by atoms with Gasteiger partial charge < -0.3 is 5.11 Å². The maximum atomic E-state index is 8.86. The summed E-state index contributed by atoms with van der Waals surface area (Å²) in [7, 11) is 0. The topological polar surface area (TPSA) is 37.3 Å². The standard InChI is InChI=1S/C4H9.CH2O2S.Sn/c1-3-4-2;2-1(3)4;/h1,3-4H2,2H3;4H,(H,2,3);. The molecule has 0 unspecified atom stereocenters. The molecule has 2 nitrogen and oxygen atoms in total. The Kier molecular flexibility index (Phi) is 15.6. The first-order valence-corrected chi connectivity index (χ1v) is 5.18. The first-order chi connectivity index (χ1) is 4.15. The summed E-state index contributed by atoms with van der Waals surface area (Å²) >= 11 is 4.57. The van der Waals surface area contributed by atoms with Crippen molar-refractivity contribution in [1.82, 2.24) is 0 Å². The SMILES string of the molecule is CCC[CH2][Sn].O=C(O)S. The Bertz CT molecular complexity index is 62.0. The molecule has 0 aromatic heterocycles. The third kappa shape index (κ3) is 55.1. The van der Waals surface area contributed by atoms with Gasteiger partial charge in [-0.2, -0.15) is 0 Å². The normalized spacial score (nSPS) is 7.44. The number of hydrogen-bond donors (Lipinski definition) is 2. The van der Waals surface area contributed by atoms with Crippen LogP contribution in [0.3, 0.4) is 0 Å². The third-order valence-electron chi connectivity index (χ3n) is 0.530. The third-order valence-corrected chi connectivity index (χ3v) is 1.54. The van der Waals surface area contributed by atoms with Crippen molar-refractivity contribution in [2.45, 2.75) is 24.2 Å². The number of hydrogen-bond acceptors (Lipinski definition) is 1. The molecule has 0 bridgehead atoms. The van der Waals surface area contributed by atoms with Crippen molar-refractivity contribution < 1.29 is 9.90 Å². The first-order valence-electron chi connectivity index (χ1n) is 2.71. The summed E-state index contributed by atoms with van der Waals surface area (Å²) in [5, 5.41) is 6.14. The zero-order chi connectivity index (χ0) is 7.70. The zero-order valence-corrected chi connectivity index (χ0v) is 9.17. The van der Waals surface area contributed by atoms with Gasteiger partial charge >= 0.3 is 52.0 Å². The van der Waals surface area contributed by atoms with E-state index in [-0.39, 0.29) is 0 Å². The fraction of sp³-hybridized carbons (Fsp3) is 0.800. The van der Waals surface area contributed by atoms with E-state index in [0.29, 0.717) is 0 Å². The quantitative estimate of drug-likeness (QED) is 0.583. The molecule has 9 heavy (non-hydrogen) atoms. The summed E-state index contributed by atoms with van der Waals surface area (Å²) in [5.74, 6) is 0. The van der Waals surface area contributed by atoms with Crippen LogP contribution in [0.15, 0.2) is 0 Å². The van der Waals surface area contributed by atoms with Gasteiger partial charge in [0.25, 0.3) is 0 Å². The minimum absolute atomic E-state index is 1.14. The van der Waals surface area contributed by atoms with E-state index in [4.69, 9.17) is 9.90 Å². The summed E-state index contributed by atoms with van der Waals surface area (Å²) in [4.78, 5) is 8.86. The van der Waals surface area contributed by atoms with Crippen molar-refractivity contribution in [3.63, 3.8) is 0 Å². The maximum Gasteiger partial charge on any atom is 0.361 e. The first kappa shape index (κ1) is 12.3. The van der Waals surface area contributed by atoms with Gasteiger partial charge in [0.05, 0.1) is 0 Å². The van der Waals surface area contributed by atoms with Gasteiger partial charge in [-0.25, -0.2) is 4.79 Å². The molecule has 1 N–H and O–H groups in total. The van der Waals surface area contributed by atoms with Crippen molar-refractivity contribution in [3.05, 3.63) is 0 Å². The van der Waals surface area contributed by atoms with Crippen LogP contribution in [0.5, 0.6) is 0 Å². The molecule has 0 atom stereocenters. The van der Waals surface area contributed by atoms with Crippen LogP contribution >= 0.6 is 12.6 Å². The molecule has 0 rings (SSSR count). The van der Waals surface area contributed by atoms with Crippen molar-refractivity contribution in [2.75, 3.05) is 0 Å². The molecule has 0 saturated heterocycles. The molecule has 0 amide bonds. The summed E-state index contributed by atoms with van der Waals surface area (Å²) in [6, 6.07) is 0. The predicted molar refractivity (Wildman–Crippen MR) is 42.5 cm³/mol. The number of unbranched alkanes of at least 4 members (excludes halogenated alkanes) is 1. The number of thiol groups is 1. The number of rotatable bonds is 2. The molecule has 0 aromatic rings. The van der Waals surface area contributed by atoms with Gasteiger partial charge in [-0.15, -0.1) is 0 Å². The Labute approximate surface area is 74.5 Å². The molecule has 0 aliphatic heterocycles. The van der Waals surface area contributed by atoms with Gasteiger partial charge in [0.1, 0.15) is 0 Å². The van der Waals surface area contributed by atoms with E-state index in [1.54, 1.807) is 22.5 Å². The second-order valence-corrected chi connectivity index (χ2v) is 3.20. The van der Waals surface area contributed by atoms with E-state index in [0.717, 1.165) is 0 Å². The zero-order valence-electron chi connectivity index (χ0n) is 5.42. The Morgan fingerprint density at radius 1 is 1.78 bits per heavy atom. The van der Waals surface area contributed by atoms with Gasteiger partial charge in [-0.05, 0) is 0 Å². The van der Waals surface area contributed by atoms with Gasteiger partial charge in [-0.1, -0.05) is 12.6 Å². The molecule has 53 valence electrons. The van der Waals surface area contributed by atoms with Crippen LogP contribution in [0.4, 0.5) is 4.79 Å². The molecule has 0 aliphatic rings. The second-order valence-electron chi connectivity index (χ2n) is 1.39. The van der Waals surface area contributed by atoms with Gasteiger partial charge in [0, 0.05) is 0 Å². The molecule has 0 heterocycles. The van der Waals surface area contributed by atoms with Crippen molar-refractivity contribution >= 4 is 40.5 Å². The molecular weight excluding hydrogens is 243 g/mol. The Morgan fingerprint density at radius 3 is 2.11 bits per heavy atom. The molecule has 3 radical (unpaired) electrons. The molecule has 0 aliphatic carbocycles. The molecule has 0 saturated carbocycles. The van der Waals surface area contributed by atoms with E-state index in [1.807, 2.05) is 0 Å². The van der Waals surface area contributed by atoms with Crippen molar-refractivity contribution in [1.29, 1.82) is 0 Å². The average Bonchev–Trinajstić information content (AvgIpc) is 1.66. The minimum atomic E-state index is -1.14. The Balaban J connectivity index is 0. The van der Waals surface area contributed by atoms with Gasteiger partial charge in [0.15, 0.2) is 0 Å². The monoisotopic (exact) mass is 255 g/mol. The largest absolute Gasteiger partial charge is 0.473 e. The van der Waals surface area contributed by atoms with Crippen LogP contribution in [-0.4, -0.2) is 32.9 Å². The van der Waals surface area contributed by atoms with E-state index < -0.39 is 5.30 Å². The maximum absolute atomic E-state index is 8.86. The Morgan fingerprint density at radius 2 is 2.11 bits per heavy atom. The fourth-order valence-electron chi connectivity index (χ4n) is 0.177. The van der Waals surface area contributed by atoms with Crippen molar-refractivity contribution in [3.8, 4) is 0 Å². The van der Waals surface area contributed by atoms with E-state index in [1.165, 1.54) is 17.3 Å². The van der Waals surface area contributed by atoms with Crippen molar-refractivity contribution in [2.24, 2.45) is 0 Å². The van der Waals surface area contributed by atoms with E-state index in [2.05, 4.69) is 19.6 Å². The molecule has 0 spiro atoms. The Hall–Kier alpha value is 0.619. The molecule has 0 fully saturated rings. The minimum Gasteiger partial charge on any atom is -0.473 e.